The minimum atomic E-state index is -3.61. The van der Waals surface area contributed by atoms with Crippen molar-refractivity contribution in [3.8, 4) is 0 Å². The number of aliphatic hydroxyl groups excluding tert-OH is 1. The number of nitrogens with zero attached hydrogens (tertiary/aromatic N) is 2. The number of imidazole rings is 1. The Morgan fingerprint density at radius 1 is 1.40 bits per heavy atom. The number of aromatic nitrogens is 2. The van der Waals surface area contributed by atoms with Gasteiger partial charge in [0.05, 0.1) is 18.3 Å². The maximum Gasteiger partial charge on any atom is 0.260 e. The quantitative estimate of drug-likeness (QED) is 0.881. The van der Waals surface area contributed by atoms with E-state index in [0.29, 0.717) is 18.8 Å². The van der Waals surface area contributed by atoms with Crippen molar-refractivity contribution in [2.45, 2.75) is 63.1 Å². The smallest absolute Gasteiger partial charge is 0.260 e. The van der Waals surface area contributed by atoms with Crippen LogP contribution in [0.2, 0.25) is 0 Å². The molecule has 6 nitrogen and oxygen atoms in total. The fraction of sp³-hybridized carbons (Fsp3) is 0.769. The lowest BCUT2D eigenvalue weighted by atomic mass is 10.0. The number of aliphatic hydroxyl groups is 1. The van der Waals surface area contributed by atoms with E-state index in [4.69, 9.17) is 0 Å². The number of nitrogens with one attached hydrogen (secondary N) is 1. The lowest BCUT2D eigenvalue weighted by Crippen LogP contribution is -2.48. The van der Waals surface area contributed by atoms with Gasteiger partial charge in [0, 0.05) is 12.5 Å². The number of H-pyrrole nitrogens is 1. The normalized spacial score (nSPS) is 23.1. The minimum Gasteiger partial charge on any atom is -0.392 e. The molecular formula is C13H23N3O3S. The fourth-order valence-electron chi connectivity index (χ4n) is 2.58. The predicted molar refractivity (Wildman–Crippen MR) is 75.9 cm³/mol. The number of hydrogen-bond donors (Lipinski definition) is 2. The van der Waals surface area contributed by atoms with E-state index in [1.807, 2.05) is 13.8 Å². The van der Waals surface area contributed by atoms with E-state index in [1.54, 1.807) is 6.92 Å². The molecule has 0 amide bonds. The molecule has 0 bridgehead atoms. The van der Waals surface area contributed by atoms with Gasteiger partial charge in [0.15, 0.2) is 5.03 Å². The monoisotopic (exact) mass is 301 g/mol. The standard InChI is InChI=1S/C13H23N3O3S/c1-9(2)13-14-8-12(15-13)20(18,19)16-7-5-4-6-11(16)10(3)17/h8-11,17H,4-7H2,1-3H3,(H,14,15). The Labute approximate surface area is 120 Å². The van der Waals surface area contributed by atoms with E-state index in [0.717, 1.165) is 12.8 Å². The third-order valence-electron chi connectivity index (χ3n) is 3.76. The highest BCUT2D eigenvalue weighted by Gasteiger charge is 2.36. The van der Waals surface area contributed by atoms with Gasteiger partial charge >= 0.3 is 0 Å². The Balaban J connectivity index is 2.32. The average Bonchev–Trinajstić information content (AvgIpc) is 2.89. The molecule has 0 aliphatic carbocycles. The molecule has 1 aliphatic heterocycles. The molecule has 0 spiro atoms. The molecule has 1 aliphatic rings. The van der Waals surface area contributed by atoms with Crippen molar-refractivity contribution in [2.24, 2.45) is 0 Å². The van der Waals surface area contributed by atoms with Gasteiger partial charge in [-0.15, -0.1) is 0 Å². The van der Waals surface area contributed by atoms with Gasteiger partial charge in [0.2, 0.25) is 0 Å². The molecule has 0 aromatic carbocycles. The lowest BCUT2D eigenvalue weighted by molar-refractivity contribution is 0.0830. The molecule has 2 rings (SSSR count). The first-order valence-corrected chi connectivity index (χ1v) is 8.53. The molecule has 1 aromatic heterocycles. The molecule has 0 saturated carbocycles. The van der Waals surface area contributed by atoms with Gasteiger partial charge in [-0.05, 0) is 19.8 Å². The van der Waals surface area contributed by atoms with E-state index in [9.17, 15) is 13.5 Å². The van der Waals surface area contributed by atoms with Crippen molar-refractivity contribution in [1.82, 2.24) is 14.3 Å². The highest BCUT2D eigenvalue weighted by atomic mass is 32.2. The fourth-order valence-corrected chi connectivity index (χ4v) is 4.26. The molecule has 114 valence electrons. The second-order valence-corrected chi connectivity index (χ2v) is 7.57. The molecule has 1 aromatic rings. The summed E-state index contributed by atoms with van der Waals surface area (Å²) in [4.78, 5) is 7.01. The van der Waals surface area contributed by atoms with E-state index >= 15 is 0 Å². The predicted octanol–water partition coefficient (Wildman–Crippen LogP) is 1.46. The Kier molecular flexibility index (Phi) is 4.51. The Morgan fingerprint density at radius 3 is 2.65 bits per heavy atom. The summed E-state index contributed by atoms with van der Waals surface area (Å²) in [5.74, 6) is 0.807. The Morgan fingerprint density at radius 2 is 2.10 bits per heavy atom. The molecule has 2 heterocycles. The average molecular weight is 301 g/mol. The molecule has 7 heteroatoms. The minimum absolute atomic E-state index is 0.119. The molecule has 1 saturated heterocycles. The van der Waals surface area contributed by atoms with Crippen LogP contribution in [-0.4, -0.2) is 46.5 Å². The topological polar surface area (TPSA) is 86.3 Å². The van der Waals surface area contributed by atoms with Crippen LogP contribution < -0.4 is 0 Å². The van der Waals surface area contributed by atoms with Gasteiger partial charge in [-0.3, -0.25) is 0 Å². The zero-order valence-corrected chi connectivity index (χ0v) is 13.0. The van der Waals surface area contributed by atoms with Gasteiger partial charge in [0.25, 0.3) is 10.0 Å². The number of hydrogen-bond acceptors (Lipinski definition) is 4. The van der Waals surface area contributed by atoms with Crippen molar-refractivity contribution in [1.29, 1.82) is 0 Å². The summed E-state index contributed by atoms with van der Waals surface area (Å²) in [6.45, 7) is 6.00. The summed E-state index contributed by atoms with van der Waals surface area (Å²) in [6.07, 6.45) is 3.17. The van der Waals surface area contributed by atoms with Crippen molar-refractivity contribution in [3.05, 3.63) is 12.0 Å². The summed E-state index contributed by atoms with van der Waals surface area (Å²) < 4.78 is 26.8. The van der Waals surface area contributed by atoms with Crippen molar-refractivity contribution >= 4 is 10.0 Å². The van der Waals surface area contributed by atoms with E-state index in [-0.39, 0.29) is 17.0 Å². The van der Waals surface area contributed by atoms with Crippen LogP contribution in [0.5, 0.6) is 0 Å². The maximum atomic E-state index is 12.7. The van der Waals surface area contributed by atoms with Crippen LogP contribution in [0.4, 0.5) is 0 Å². The summed E-state index contributed by atoms with van der Waals surface area (Å²) in [5, 5.41) is 9.94. The molecule has 2 N–H and O–H groups in total. The van der Waals surface area contributed by atoms with E-state index < -0.39 is 16.1 Å². The number of rotatable bonds is 4. The van der Waals surface area contributed by atoms with E-state index in [1.165, 1.54) is 10.5 Å². The second-order valence-electron chi connectivity index (χ2n) is 5.71. The van der Waals surface area contributed by atoms with Gasteiger partial charge in [-0.1, -0.05) is 20.3 Å². The first-order chi connectivity index (χ1) is 9.34. The Hall–Kier alpha value is -0.920. The van der Waals surface area contributed by atoms with Crippen molar-refractivity contribution in [2.75, 3.05) is 6.54 Å². The van der Waals surface area contributed by atoms with Crippen LogP contribution in [0.1, 0.15) is 51.8 Å². The summed E-state index contributed by atoms with van der Waals surface area (Å²) in [5.41, 5.74) is 0. The first-order valence-electron chi connectivity index (χ1n) is 7.09. The van der Waals surface area contributed by atoms with E-state index in [2.05, 4.69) is 9.97 Å². The van der Waals surface area contributed by atoms with Crippen LogP contribution in [0, 0.1) is 0 Å². The molecule has 0 radical (unpaired) electrons. The highest BCUT2D eigenvalue weighted by Crippen LogP contribution is 2.27. The van der Waals surface area contributed by atoms with Gasteiger partial charge in [-0.2, -0.15) is 4.31 Å². The molecule has 1 fully saturated rings. The second kappa shape index (κ2) is 5.83. The third kappa shape index (κ3) is 2.89. The number of piperidine rings is 1. The van der Waals surface area contributed by atoms with Crippen LogP contribution in [0.3, 0.4) is 0 Å². The SMILES string of the molecule is CC(C)c1ncc(S(=O)(=O)N2CCCCC2C(C)O)[nH]1. The molecule has 2 atom stereocenters. The summed E-state index contributed by atoms with van der Waals surface area (Å²) in [7, 11) is -3.61. The van der Waals surface area contributed by atoms with Gasteiger partial charge in [0.1, 0.15) is 5.82 Å². The van der Waals surface area contributed by atoms with Crippen LogP contribution in [-0.2, 0) is 10.0 Å². The summed E-state index contributed by atoms with van der Waals surface area (Å²) in [6, 6.07) is -0.348. The number of sulfonamides is 1. The van der Waals surface area contributed by atoms with Crippen LogP contribution in [0.15, 0.2) is 11.2 Å². The van der Waals surface area contributed by atoms with Crippen molar-refractivity contribution in [3.63, 3.8) is 0 Å². The largest absolute Gasteiger partial charge is 0.392 e. The zero-order valence-electron chi connectivity index (χ0n) is 12.2. The lowest BCUT2D eigenvalue weighted by Gasteiger charge is -2.35. The van der Waals surface area contributed by atoms with Gasteiger partial charge < -0.3 is 10.1 Å². The number of aromatic amines is 1. The molecular weight excluding hydrogens is 278 g/mol. The van der Waals surface area contributed by atoms with Gasteiger partial charge in [-0.25, -0.2) is 13.4 Å². The third-order valence-corrected chi connectivity index (χ3v) is 5.59. The summed E-state index contributed by atoms with van der Waals surface area (Å²) >= 11 is 0. The molecule has 20 heavy (non-hydrogen) atoms. The van der Waals surface area contributed by atoms with Crippen LogP contribution in [0.25, 0.3) is 0 Å². The van der Waals surface area contributed by atoms with Crippen molar-refractivity contribution < 1.29 is 13.5 Å². The Bertz CT molecular complexity index is 551. The van der Waals surface area contributed by atoms with Crippen LogP contribution >= 0.6 is 0 Å². The zero-order chi connectivity index (χ0) is 14.9. The molecule has 2 unspecified atom stereocenters. The maximum absolute atomic E-state index is 12.7. The first kappa shape index (κ1) is 15.5. The highest BCUT2D eigenvalue weighted by molar-refractivity contribution is 7.89.